The molecule has 3 aromatic rings. The Bertz CT molecular complexity index is 1530. The molecule has 0 spiro atoms. The second-order valence-electron chi connectivity index (χ2n) is 8.19. The molecule has 3 aromatic carbocycles. The smallest absolute Gasteiger partial charge is 0.339 e. The zero-order chi connectivity index (χ0) is 26.7. The molecular formula is C26H21BrN2O6S2. The van der Waals surface area contributed by atoms with E-state index in [1.54, 1.807) is 18.2 Å². The van der Waals surface area contributed by atoms with E-state index in [9.17, 15) is 22.8 Å². The summed E-state index contributed by atoms with van der Waals surface area (Å²) >= 11 is 4.17. The lowest BCUT2D eigenvalue weighted by molar-refractivity contribution is -0.123. The zero-order valence-corrected chi connectivity index (χ0v) is 22.9. The summed E-state index contributed by atoms with van der Waals surface area (Å²) in [7, 11) is -4.14. The third-order valence-electron chi connectivity index (χ3n) is 5.21. The van der Waals surface area contributed by atoms with Crippen molar-refractivity contribution in [1.29, 1.82) is 0 Å². The van der Waals surface area contributed by atoms with Gasteiger partial charge in [0.15, 0.2) is 5.75 Å². The van der Waals surface area contributed by atoms with Gasteiger partial charge in [0.2, 0.25) is 5.91 Å². The number of hydrogen-bond donors (Lipinski definition) is 1. The molecule has 0 unspecified atom stereocenters. The number of carbonyl (C=O) groups excluding carboxylic acids is 3. The molecule has 1 heterocycles. The number of benzene rings is 3. The molecule has 0 aliphatic carbocycles. The molecule has 0 radical (unpaired) electrons. The van der Waals surface area contributed by atoms with Gasteiger partial charge in [0.25, 0.3) is 11.1 Å². The highest BCUT2D eigenvalue weighted by Gasteiger charge is 2.35. The Morgan fingerprint density at radius 1 is 1.08 bits per heavy atom. The van der Waals surface area contributed by atoms with Gasteiger partial charge in [0.05, 0.1) is 15.9 Å². The molecule has 0 saturated carbocycles. The lowest BCUT2D eigenvalue weighted by atomic mass is 10.1. The van der Waals surface area contributed by atoms with Crippen molar-refractivity contribution in [3.63, 3.8) is 0 Å². The van der Waals surface area contributed by atoms with Crippen molar-refractivity contribution in [1.82, 2.24) is 4.90 Å². The van der Waals surface area contributed by atoms with Crippen molar-refractivity contribution < 1.29 is 27.0 Å². The third kappa shape index (κ3) is 6.48. The number of anilines is 1. The lowest BCUT2D eigenvalue weighted by Crippen LogP contribution is -2.27. The number of imide groups is 1. The van der Waals surface area contributed by atoms with Crippen LogP contribution < -0.4 is 9.50 Å². The van der Waals surface area contributed by atoms with Crippen LogP contribution in [0.1, 0.15) is 23.6 Å². The molecule has 4 rings (SSSR count). The molecule has 1 fully saturated rings. The van der Waals surface area contributed by atoms with Gasteiger partial charge >= 0.3 is 10.1 Å². The van der Waals surface area contributed by atoms with Gasteiger partial charge in [-0.1, -0.05) is 35.9 Å². The van der Waals surface area contributed by atoms with Crippen LogP contribution in [0.5, 0.6) is 5.75 Å². The van der Waals surface area contributed by atoms with Crippen LogP contribution in [0.4, 0.5) is 10.5 Å². The van der Waals surface area contributed by atoms with Crippen LogP contribution in [0.15, 0.2) is 81.0 Å². The van der Waals surface area contributed by atoms with Crippen LogP contribution in [0.25, 0.3) is 6.08 Å². The summed E-state index contributed by atoms with van der Waals surface area (Å²) in [5.41, 5.74) is 2.94. The van der Waals surface area contributed by atoms with Crippen molar-refractivity contribution in [2.24, 2.45) is 0 Å². The van der Waals surface area contributed by atoms with Crippen LogP contribution in [-0.2, 0) is 26.3 Å². The highest BCUT2D eigenvalue weighted by atomic mass is 79.9. The Labute approximate surface area is 227 Å². The van der Waals surface area contributed by atoms with E-state index in [4.69, 9.17) is 4.18 Å². The van der Waals surface area contributed by atoms with Gasteiger partial charge in [-0.3, -0.25) is 19.3 Å². The molecule has 1 N–H and O–H groups in total. The molecule has 37 heavy (non-hydrogen) atoms. The molecule has 0 aromatic heterocycles. The van der Waals surface area contributed by atoms with Gasteiger partial charge in [0.1, 0.15) is 4.90 Å². The monoisotopic (exact) mass is 600 g/mol. The Balaban J connectivity index is 1.48. The minimum Gasteiger partial charge on any atom is -0.378 e. The normalized spacial score (nSPS) is 14.8. The Morgan fingerprint density at radius 2 is 1.81 bits per heavy atom. The first-order valence-electron chi connectivity index (χ1n) is 10.9. The molecule has 8 nitrogen and oxygen atoms in total. The SMILES string of the molecule is CC(=O)Nc1ccc(S(=O)(=O)Oc2ccc(/C=C3\SC(=O)N(Cc4cccc(C)c4)C3=O)cc2Br)cc1. The van der Waals surface area contributed by atoms with Gasteiger partial charge < -0.3 is 9.50 Å². The van der Waals surface area contributed by atoms with Gasteiger partial charge in [-0.15, -0.1) is 0 Å². The molecule has 11 heteroatoms. The summed E-state index contributed by atoms with van der Waals surface area (Å²) < 4.78 is 31.0. The average Bonchev–Trinajstić information content (AvgIpc) is 3.08. The van der Waals surface area contributed by atoms with E-state index in [2.05, 4.69) is 21.2 Å². The zero-order valence-electron chi connectivity index (χ0n) is 19.7. The van der Waals surface area contributed by atoms with E-state index < -0.39 is 16.0 Å². The van der Waals surface area contributed by atoms with Gasteiger partial charge in [0, 0.05) is 12.6 Å². The Hall–Kier alpha value is -3.41. The molecule has 0 bridgehead atoms. The summed E-state index contributed by atoms with van der Waals surface area (Å²) in [6, 6.07) is 17.8. The number of amides is 3. The predicted octanol–water partition coefficient (Wildman–Crippen LogP) is 5.72. The number of aryl methyl sites for hydroxylation is 1. The second-order valence-corrected chi connectivity index (χ2v) is 11.6. The van der Waals surface area contributed by atoms with Gasteiger partial charge in [-0.2, -0.15) is 8.42 Å². The number of nitrogens with one attached hydrogen (secondary N) is 1. The Kier molecular flexibility index (Phi) is 7.86. The number of halogens is 1. The Morgan fingerprint density at radius 3 is 2.46 bits per heavy atom. The number of rotatable bonds is 7. The van der Waals surface area contributed by atoms with Crippen molar-refractivity contribution in [2.45, 2.75) is 25.3 Å². The summed E-state index contributed by atoms with van der Waals surface area (Å²) in [5, 5.41) is 2.21. The predicted molar refractivity (Wildman–Crippen MR) is 145 cm³/mol. The van der Waals surface area contributed by atoms with E-state index in [-0.39, 0.29) is 33.2 Å². The molecule has 3 amide bonds. The topological polar surface area (TPSA) is 110 Å². The fourth-order valence-electron chi connectivity index (χ4n) is 3.53. The maximum absolute atomic E-state index is 12.9. The third-order valence-corrected chi connectivity index (χ3v) is 7.99. The first-order chi connectivity index (χ1) is 17.5. The summed E-state index contributed by atoms with van der Waals surface area (Å²) in [6.07, 6.45) is 1.57. The minimum absolute atomic E-state index is 0.0515. The van der Waals surface area contributed by atoms with Crippen LogP contribution in [0, 0.1) is 6.92 Å². The molecular weight excluding hydrogens is 580 g/mol. The summed E-state index contributed by atoms with van der Waals surface area (Å²) in [4.78, 5) is 37.9. The fraction of sp³-hybridized carbons (Fsp3) is 0.115. The minimum atomic E-state index is -4.14. The first kappa shape index (κ1) is 26.6. The van der Waals surface area contributed by atoms with E-state index >= 15 is 0 Å². The van der Waals surface area contributed by atoms with Gasteiger partial charge in [-0.25, -0.2) is 0 Å². The van der Waals surface area contributed by atoms with Crippen molar-refractivity contribution >= 4 is 66.6 Å². The number of carbonyl (C=O) groups is 3. The van der Waals surface area contributed by atoms with Gasteiger partial charge in [-0.05, 0) is 88.2 Å². The second kappa shape index (κ2) is 10.9. The molecule has 0 atom stereocenters. The van der Waals surface area contributed by atoms with E-state index in [0.717, 1.165) is 22.9 Å². The first-order valence-corrected chi connectivity index (χ1v) is 14.0. The highest BCUT2D eigenvalue weighted by Crippen LogP contribution is 2.35. The standard InChI is InChI=1S/C26H21BrN2O6S2/c1-16-4-3-5-19(12-16)15-29-25(31)24(36-26(29)32)14-18-6-11-23(22(27)13-18)35-37(33,34)21-9-7-20(8-10-21)28-17(2)30/h3-14H,15H2,1-2H3,(H,28,30)/b24-14-. The molecule has 190 valence electrons. The van der Waals surface area contributed by atoms with E-state index in [1.807, 2.05) is 31.2 Å². The van der Waals surface area contributed by atoms with Crippen molar-refractivity contribution in [3.05, 3.63) is 92.8 Å². The summed E-state index contributed by atoms with van der Waals surface area (Å²) in [5.74, 6) is -0.610. The number of hydrogen-bond acceptors (Lipinski definition) is 7. The number of nitrogens with zero attached hydrogens (tertiary/aromatic N) is 1. The van der Waals surface area contributed by atoms with Crippen molar-refractivity contribution in [2.75, 3.05) is 5.32 Å². The molecule has 1 aliphatic rings. The maximum Gasteiger partial charge on any atom is 0.339 e. The largest absolute Gasteiger partial charge is 0.378 e. The van der Waals surface area contributed by atoms with E-state index in [0.29, 0.717) is 15.7 Å². The van der Waals surface area contributed by atoms with Crippen LogP contribution in [-0.4, -0.2) is 30.4 Å². The molecule has 1 aliphatic heterocycles. The van der Waals surface area contributed by atoms with Crippen LogP contribution in [0.2, 0.25) is 0 Å². The van der Waals surface area contributed by atoms with Crippen LogP contribution >= 0.6 is 27.7 Å². The lowest BCUT2D eigenvalue weighted by Gasteiger charge is -2.12. The maximum atomic E-state index is 12.9. The molecule has 1 saturated heterocycles. The fourth-order valence-corrected chi connectivity index (χ4v) is 5.90. The van der Waals surface area contributed by atoms with Crippen LogP contribution in [0.3, 0.4) is 0 Å². The number of thioether (sulfide) groups is 1. The summed E-state index contributed by atoms with van der Waals surface area (Å²) in [6.45, 7) is 3.48. The highest BCUT2D eigenvalue weighted by molar-refractivity contribution is 9.10. The average molecular weight is 602 g/mol. The van der Waals surface area contributed by atoms with E-state index in [1.165, 1.54) is 42.2 Å². The quantitative estimate of drug-likeness (QED) is 0.273. The van der Waals surface area contributed by atoms with Crippen molar-refractivity contribution in [3.8, 4) is 5.75 Å².